The smallest absolute Gasteiger partial charge is 0.435 e. The molecule has 2 heterocycles. The molecule has 0 spiro atoms. The minimum Gasteiger partial charge on any atom is -0.490 e. The summed E-state index contributed by atoms with van der Waals surface area (Å²) >= 11 is 5.83. The van der Waals surface area contributed by atoms with Crippen LogP contribution in [0.15, 0.2) is 30.3 Å². The first-order chi connectivity index (χ1) is 12.2. The number of halogens is 4. The van der Waals surface area contributed by atoms with Crippen LogP contribution in [0.2, 0.25) is 5.02 Å². The van der Waals surface area contributed by atoms with Gasteiger partial charge in [0.05, 0.1) is 0 Å². The quantitative estimate of drug-likeness (QED) is 0.805. The summed E-state index contributed by atoms with van der Waals surface area (Å²) in [4.78, 5) is 14.0. The highest BCUT2D eigenvalue weighted by Crippen LogP contribution is 2.29. The molecule has 0 radical (unpaired) electrons. The summed E-state index contributed by atoms with van der Waals surface area (Å²) in [5.41, 5.74) is -1.14. The zero-order valence-corrected chi connectivity index (χ0v) is 14.7. The van der Waals surface area contributed by atoms with Gasteiger partial charge in [-0.2, -0.15) is 18.3 Å². The monoisotopic (exact) mass is 387 g/mol. The second-order valence-electron chi connectivity index (χ2n) is 6.10. The Hall–Kier alpha value is -2.22. The van der Waals surface area contributed by atoms with Gasteiger partial charge in [-0.15, -0.1) is 0 Å². The van der Waals surface area contributed by atoms with Crippen molar-refractivity contribution < 1.29 is 22.7 Å². The maximum Gasteiger partial charge on any atom is 0.435 e. The summed E-state index contributed by atoms with van der Waals surface area (Å²) in [6.45, 7) is 0.813. The van der Waals surface area contributed by atoms with Crippen LogP contribution < -0.4 is 4.74 Å². The highest BCUT2D eigenvalue weighted by atomic mass is 35.5. The van der Waals surface area contributed by atoms with Crippen LogP contribution in [0, 0.1) is 0 Å². The molecule has 0 aliphatic carbocycles. The van der Waals surface area contributed by atoms with Crippen molar-refractivity contribution in [3.8, 4) is 5.75 Å². The van der Waals surface area contributed by atoms with Gasteiger partial charge in [-0.05, 0) is 24.3 Å². The molecular formula is C17H17ClF3N3O2. The molecule has 1 saturated heterocycles. The Labute approximate surface area is 153 Å². The lowest BCUT2D eigenvalue weighted by molar-refractivity contribution is -0.141. The number of piperidine rings is 1. The highest BCUT2D eigenvalue weighted by molar-refractivity contribution is 6.30. The lowest BCUT2D eigenvalue weighted by Gasteiger charge is -2.32. The maximum absolute atomic E-state index is 12.7. The van der Waals surface area contributed by atoms with Gasteiger partial charge in [0, 0.05) is 44.1 Å². The number of amides is 1. The lowest BCUT2D eigenvalue weighted by atomic mass is 10.1. The second kappa shape index (κ2) is 7.19. The molecule has 1 aromatic heterocycles. The average molecular weight is 388 g/mol. The Bertz CT molecular complexity index is 782. The molecule has 9 heteroatoms. The second-order valence-corrected chi connectivity index (χ2v) is 6.54. The predicted octanol–water partition coefficient (Wildman–Crippen LogP) is 3.78. The van der Waals surface area contributed by atoms with Gasteiger partial charge >= 0.3 is 6.18 Å². The molecule has 5 nitrogen and oxygen atoms in total. The molecule has 1 amide bonds. The SMILES string of the molecule is Cn1nc(C(F)(F)F)cc1C(=O)N1CCC(Oc2ccc(Cl)cc2)CC1. The third-order valence-electron chi connectivity index (χ3n) is 4.23. The summed E-state index contributed by atoms with van der Waals surface area (Å²) in [6.07, 6.45) is -3.44. The summed E-state index contributed by atoms with van der Waals surface area (Å²) in [5, 5.41) is 4.00. The van der Waals surface area contributed by atoms with Crippen molar-refractivity contribution in [3.63, 3.8) is 0 Å². The van der Waals surface area contributed by atoms with Crippen LogP contribution in [0.4, 0.5) is 13.2 Å². The van der Waals surface area contributed by atoms with Crippen molar-refractivity contribution in [2.75, 3.05) is 13.1 Å². The molecule has 0 bridgehead atoms. The van der Waals surface area contributed by atoms with Crippen LogP contribution in [-0.4, -0.2) is 39.8 Å². The number of ether oxygens (including phenoxy) is 1. The van der Waals surface area contributed by atoms with Crippen molar-refractivity contribution in [1.29, 1.82) is 0 Å². The summed E-state index contributed by atoms with van der Waals surface area (Å²) in [5.74, 6) is 0.237. The van der Waals surface area contributed by atoms with E-state index in [4.69, 9.17) is 16.3 Å². The Morgan fingerprint density at radius 2 is 1.85 bits per heavy atom. The van der Waals surface area contributed by atoms with Gasteiger partial charge in [-0.1, -0.05) is 11.6 Å². The first-order valence-corrected chi connectivity index (χ1v) is 8.44. The van der Waals surface area contributed by atoms with E-state index in [1.165, 1.54) is 11.9 Å². The molecule has 0 unspecified atom stereocenters. The van der Waals surface area contributed by atoms with E-state index in [2.05, 4.69) is 5.10 Å². The predicted molar refractivity (Wildman–Crippen MR) is 89.2 cm³/mol. The third kappa shape index (κ3) is 4.12. The topological polar surface area (TPSA) is 47.4 Å². The number of likely N-dealkylation sites (tertiary alicyclic amines) is 1. The fraction of sp³-hybridized carbons (Fsp3) is 0.412. The molecule has 26 heavy (non-hydrogen) atoms. The molecule has 0 saturated carbocycles. The fourth-order valence-electron chi connectivity index (χ4n) is 2.85. The van der Waals surface area contributed by atoms with E-state index >= 15 is 0 Å². The summed E-state index contributed by atoms with van der Waals surface area (Å²) in [6, 6.07) is 7.80. The van der Waals surface area contributed by atoms with Gasteiger partial charge < -0.3 is 9.64 Å². The molecule has 2 aromatic rings. The van der Waals surface area contributed by atoms with Gasteiger partial charge in [-0.25, -0.2) is 0 Å². The van der Waals surface area contributed by atoms with E-state index in [-0.39, 0.29) is 11.8 Å². The van der Waals surface area contributed by atoms with Crippen molar-refractivity contribution in [2.24, 2.45) is 7.05 Å². The number of rotatable bonds is 3. The highest BCUT2D eigenvalue weighted by Gasteiger charge is 2.36. The molecule has 3 rings (SSSR count). The molecule has 1 aliphatic rings. The van der Waals surface area contributed by atoms with Crippen LogP contribution >= 0.6 is 11.6 Å². The number of hydrogen-bond acceptors (Lipinski definition) is 3. The van der Waals surface area contributed by atoms with Crippen LogP contribution in [0.1, 0.15) is 29.0 Å². The van der Waals surface area contributed by atoms with Crippen molar-refractivity contribution in [3.05, 3.63) is 46.7 Å². The van der Waals surface area contributed by atoms with E-state index in [0.29, 0.717) is 36.7 Å². The Balaban J connectivity index is 1.60. The molecule has 140 valence electrons. The average Bonchev–Trinajstić information content (AvgIpc) is 2.99. The molecular weight excluding hydrogens is 371 g/mol. The number of carbonyl (C=O) groups is 1. The Kier molecular flexibility index (Phi) is 5.13. The largest absolute Gasteiger partial charge is 0.490 e. The van der Waals surface area contributed by atoms with E-state index in [1.54, 1.807) is 24.3 Å². The third-order valence-corrected chi connectivity index (χ3v) is 4.49. The van der Waals surface area contributed by atoms with Gasteiger partial charge in [0.25, 0.3) is 5.91 Å². The van der Waals surface area contributed by atoms with Crippen LogP contribution in [0.5, 0.6) is 5.75 Å². The van der Waals surface area contributed by atoms with Crippen LogP contribution in [0.25, 0.3) is 0 Å². The van der Waals surface area contributed by atoms with Gasteiger partial charge in [0.1, 0.15) is 17.5 Å². The van der Waals surface area contributed by atoms with Gasteiger partial charge in [-0.3, -0.25) is 9.48 Å². The molecule has 1 fully saturated rings. The first-order valence-electron chi connectivity index (χ1n) is 8.07. The minimum absolute atomic E-state index is 0.0579. The number of aromatic nitrogens is 2. The number of carbonyl (C=O) groups excluding carboxylic acids is 1. The molecule has 0 atom stereocenters. The number of hydrogen-bond donors (Lipinski definition) is 0. The zero-order chi connectivity index (χ0) is 18.9. The number of alkyl halides is 3. The van der Waals surface area contributed by atoms with Crippen molar-refractivity contribution >= 4 is 17.5 Å². The zero-order valence-electron chi connectivity index (χ0n) is 14.0. The fourth-order valence-corrected chi connectivity index (χ4v) is 2.98. The Morgan fingerprint density at radius 3 is 2.38 bits per heavy atom. The van der Waals surface area contributed by atoms with Crippen molar-refractivity contribution in [2.45, 2.75) is 25.1 Å². The van der Waals surface area contributed by atoms with E-state index in [0.717, 1.165) is 10.7 Å². The van der Waals surface area contributed by atoms with E-state index < -0.39 is 17.8 Å². The van der Waals surface area contributed by atoms with Gasteiger partial charge in [0.2, 0.25) is 0 Å². The van der Waals surface area contributed by atoms with Crippen LogP contribution in [-0.2, 0) is 13.2 Å². The summed E-state index contributed by atoms with van der Waals surface area (Å²) in [7, 11) is 1.33. The molecule has 1 aliphatic heterocycles. The standard InChI is InChI=1S/C17H17ClF3N3O2/c1-23-14(10-15(22-23)17(19,20)21)16(25)24-8-6-13(7-9-24)26-12-4-2-11(18)3-5-12/h2-5,10,13H,6-9H2,1H3. The van der Waals surface area contributed by atoms with E-state index in [9.17, 15) is 18.0 Å². The Morgan fingerprint density at radius 1 is 1.23 bits per heavy atom. The molecule has 1 aromatic carbocycles. The number of aryl methyl sites for hydroxylation is 1. The number of nitrogens with zero attached hydrogens (tertiary/aromatic N) is 3. The first kappa shape index (κ1) is 18.6. The summed E-state index contributed by atoms with van der Waals surface area (Å²) < 4.78 is 45.1. The van der Waals surface area contributed by atoms with Crippen LogP contribution in [0.3, 0.4) is 0 Å². The normalized spacial score (nSPS) is 16.0. The van der Waals surface area contributed by atoms with Gasteiger partial charge in [0.15, 0.2) is 5.69 Å². The van der Waals surface area contributed by atoms with Crippen molar-refractivity contribution in [1.82, 2.24) is 14.7 Å². The maximum atomic E-state index is 12.7. The van der Waals surface area contributed by atoms with E-state index in [1.807, 2.05) is 0 Å². The number of benzene rings is 1. The molecule has 0 N–H and O–H groups in total. The lowest BCUT2D eigenvalue weighted by Crippen LogP contribution is -2.42. The minimum atomic E-state index is -4.57.